The number of Topliss-reactive ketones (excluding diaryl/α,β-unsaturated/α-hetero) is 1. The molecule has 4 heteroatoms. The second-order valence-corrected chi connectivity index (χ2v) is 5.92. The molecule has 0 radical (unpaired) electrons. The fourth-order valence-electron chi connectivity index (χ4n) is 2.13. The van der Waals surface area contributed by atoms with E-state index in [4.69, 9.17) is 0 Å². The monoisotopic (exact) mass is 314 g/mol. The maximum absolute atomic E-state index is 12.9. The minimum atomic E-state index is -0.301. The summed E-state index contributed by atoms with van der Waals surface area (Å²) in [5.74, 6) is -0.0438. The molecule has 2 aromatic carbocycles. The maximum atomic E-state index is 12.9. The predicted molar refractivity (Wildman–Crippen MR) is 86.2 cm³/mol. The summed E-state index contributed by atoms with van der Waals surface area (Å²) in [5.41, 5.74) is 2.28. The van der Waals surface area contributed by atoms with E-state index in [9.17, 15) is 13.6 Å². The van der Waals surface area contributed by atoms with Gasteiger partial charge in [-0.1, -0.05) is 24.3 Å². The van der Waals surface area contributed by atoms with E-state index < -0.39 is 0 Å². The largest absolute Gasteiger partial charge is 0.288 e. The number of carbonyl (C=O) groups excluding carboxylic acids is 1. The Morgan fingerprint density at radius 2 is 1.32 bits per heavy atom. The van der Waals surface area contributed by atoms with Crippen molar-refractivity contribution in [2.45, 2.75) is 0 Å². The molecular formula is C18H12F2OS. The molecule has 3 rings (SSSR count). The zero-order valence-corrected chi connectivity index (χ0v) is 12.4. The van der Waals surface area contributed by atoms with Crippen molar-refractivity contribution < 1.29 is 13.6 Å². The molecule has 0 atom stereocenters. The van der Waals surface area contributed by atoms with Crippen molar-refractivity contribution in [2.75, 3.05) is 5.75 Å². The summed E-state index contributed by atoms with van der Waals surface area (Å²) < 4.78 is 25.8. The molecule has 1 fully saturated rings. The van der Waals surface area contributed by atoms with Gasteiger partial charge in [0.2, 0.25) is 0 Å². The van der Waals surface area contributed by atoms with Gasteiger partial charge in [-0.05, 0) is 47.5 Å². The van der Waals surface area contributed by atoms with Crippen LogP contribution in [0.3, 0.4) is 0 Å². The molecule has 0 aliphatic carbocycles. The van der Waals surface area contributed by atoms with Crippen LogP contribution in [-0.4, -0.2) is 11.5 Å². The molecule has 1 nitrogen and oxygen atoms in total. The standard InChI is InChI=1S/C18H12F2OS/c19-15-5-1-12(2-6-15)9-14-11-22-17(18(14)21)10-13-3-7-16(20)8-4-13/h1-10H,11H2. The number of rotatable bonds is 2. The molecule has 0 bridgehead atoms. The van der Waals surface area contributed by atoms with Crippen LogP contribution in [0, 0.1) is 11.6 Å². The summed E-state index contributed by atoms with van der Waals surface area (Å²) in [6.07, 6.45) is 3.54. The van der Waals surface area contributed by atoms with E-state index in [1.807, 2.05) is 0 Å². The minimum Gasteiger partial charge on any atom is -0.288 e. The van der Waals surface area contributed by atoms with Crippen LogP contribution in [0.5, 0.6) is 0 Å². The molecule has 0 N–H and O–H groups in total. The van der Waals surface area contributed by atoms with Crippen LogP contribution in [0.15, 0.2) is 59.0 Å². The lowest BCUT2D eigenvalue weighted by Gasteiger charge is -1.97. The van der Waals surface area contributed by atoms with Crippen LogP contribution < -0.4 is 0 Å². The van der Waals surface area contributed by atoms with Crippen LogP contribution in [0.1, 0.15) is 11.1 Å². The Kier molecular flexibility index (Phi) is 4.20. The molecule has 0 spiro atoms. The Hall–Kier alpha value is -2.20. The van der Waals surface area contributed by atoms with Crippen LogP contribution in [-0.2, 0) is 4.79 Å². The van der Waals surface area contributed by atoms with Gasteiger partial charge in [-0.3, -0.25) is 4.79 Å². The SMILES string of the molecule is O=C1C(=Cc2ccc(F)cc2)CSC1=Cc1ccc(F)cc1. The van der Waals surface area contributed by atoms with Gasteiger partial charge in [-0.25, -0.2) is 8.78 Å². The summed E-state index contributed by atoms with van der Waals surface area (Å²) in [6.45, 7) is 0. The lowest BCUT2D eigenvalue weighted by atomic mass is 10.1. The Labute approximate surface area is 131 Å². The van der Waals surface area contributed by atoms with Gasteiger partial charge in [0.05, 0.1) is 4.91 Å². The number of carbonyl (C=O) groups is 1. The quantitative estimate of drug-likeness (QED) is 0.747. The highest BCUT2D eigenvalue weighted by Gasteiger charge is 2.23. The molecule has 0 amide bonds. The highest BCUT2D eigenvalue weighted by Crippen LogP contribution is 2.33. The first kappa shape index (κ1) is 14.7. The Morgan fingerprint density at radius 1 is 0.818 bits per heavy atom. The molecule has 22 heavy (non-hydrogen) atoms. The highest BCUT2D eigenvalue weighted by atomic mass is 32.2. The van der Waals surface area contributed by atoms with Gasteiger partial charge in [-0.2, -0.15) is 0 Å². The summed E-state index contributed by atoms with van der Waals surface area (Å²) in [5, 5.41) is 0. The van der Waals surface area contributed by atoms with Gasteiger partial charge in [0.1, 0.15) is 11.6 Å². The first-order valence-corrected chi connectivity index (χ1v) is 7.71. The van der Waals surface area contributed by atoms with Gasteiger partial charge in [0, 0.05) is 11.3 Å². The molecular weight excluding hydrogens is 302 g/mol. The molecule has 0 saturated carbocycles. The average Bonchev–Trinajstić information content (AvgIpc) is 2.85. The Balaban J connectivity index is 1.82. The Bertz CT molecular complexity index is 693. The van der Waals surface area contributed by atoms with Crippen LogP contribution in [0.25, 0.3) is 12.2 Å². The first-order chi connectivity index (χ1) is 10.6. The van der Waals surface area contributed by atoms with E-state index in [0.29, 0.717) is 16.2 Å². The van der Waals surface area contributed by atoms with Crippen LogP contribution in [0.2, 0.25) is 0 Å². The van der Waals surface area contributed by atoms with Crippen molar-refractivity contribution >= 4 is 29.7 Å². The lowest BCUT2D eigenvalue weighted by Crippen LogP contribution is -1.96. The third-order valence-corrected chi connectivity index (χ3v) is 4.35. The third-order valence-electron chi connectivity index (χ3n) is 3.28. The van der Waals surface area contributed by atoms with E-state index in [0.717, 1.165) is 11.1 Å². The van der Waals surface area contributed by atoms with E-state index in [-0.39, 0.29) is 17.4 Å². The zero-order chi connectivity index (χ0) is 15.5. The maximum Gasteiger partial charge on any atom is 0.196 e. The van der Waals surface area contributed by atoms with Crippen LogP contribution in [0.4, 0.5) is 8.78 Å². The number of benzene rings is 2. The first-order valence-electron chi connectivity index (χ1n) is 6.73. The normalized spacial score (nSPS) is 18.4. The van der Waals surface area contributed by atoms with Gasteiger partial charge in [-0.15, -0.1) is 11.8 Å². The van der Waals surface area contributed by atoms with Crippen LogP contribution >= 0.6 is 11.8 Å². The highest BCUT2D eigenvalue weighted by molar-refractivity contribution is 8.05. The molecule has 1 aliphatic rings. The minimum absolute atomic E-state index is 0.0290. The molecule has 110 valence electrons. The summed E-state index contributed by atoms with van der Waals surface area (Å²) in [6, 6.07) is 12.0. The summed E-state index contributed by atoms with van der Waals surface area (Å²) in [7, 11) is 0. The number of hydrogen-bond acceptors (Lipinski definition) is 2. The third kappa shape index (κ3) is 3.34. The molecule has 0 aromatic heterocycles. The topological polar surface area (TPSA) is 17.1 Å². The number of allylic oxidation sites excluding steroid dienone is 1. The van der Waals surface area contributed by atoms with Crippen molar-refractivity contribution in [3.63, 3.8) is 0 Å². The zero-order valence-electron chi connectivity index (χ0n) is 11.6. The van der Waals surface area contributed by atoms with E-state index in [1.54, 1.807) is 36.4 Å². The Morgan fingerprint density at radius 3 is 1.86 bits per heavy atom. The predicted octanol–water partition coefficient (Wildman–Crippen LogP) is 4.71. The lowest BCUT2D eigenvalue weighted by molar-refractivity contribution is -0.111. The van der Waals surface area contributed by atoms with E-state index >= 15 is 0 Å². The van der Waals surface area contributed by atoms with Gasteiger partial charge < -0.3 is 0 Å². The molecule has 1 saturated heterocycles. The molecule has 2 aromatic rings. The number of halogens is 2. The van der Waals surface area contributed by atoms with Gasteiger partial charge >= 0.3 is 0 Å². The van der Waals surface area contributed by atoms with Crippen molar-refractivity contribution in [1.82, 2.24) is 0 Å². The molecule has 0 unspecified atom stereocenters. The van der Waals surface area contributed by atoms with Crippen molar-refractivity contribution in [3.8, 4) is 0 Å². The second-order valence-electron chi connectivity index (χ2n) is 4.90. The van der Waals surface area contributed by atoms with Gasteiger partial charge in [0.15, 0.2) is 5.78 Å². The molecule has 1 aliphatic heterocycles. The van der Waals surface area contributed by atoms with Gasteiger partial charge in [0.25, 0.3) is 0 Å². The van der Waals surface area contributed by atoms with Crippen molar-refractivity contribution in [2.24, 2.45) is 0 Å². The summed E-state index contributed by atoms with van der Waals surface area (Å²) >= 11 is 1.46. The van der Waals surface area contributed by atoms with Crippen molar-refractivity contribution in [1.29, 1.82) is 0 Å². The second kappa shape index (κ2) is 6.28. The number of hydrogen-bond donors (Lipinski definition) is 0. The number of ketones is 1. The van der Waals surface area contributed by atoms with E-state index in [2.05, 4.69) is 0 Å². The molecule has 1 heterocycles. The number of thioether (sulfide) groups is 1. The average molecular weight is 314 g/mol. The fourth-order valence-corrected chi connectivity index (χ4v) is 3.14. The van der Waals surface area contributed by atoms with E-state index in [1.165, 1.54) is 36.0 Å². The smallest absolute Gasteiger partial charge is 0.196 e. The fraction of sp³-hybridized carbons (Fsp3) is 0.0556. The van der Waals surface area contributed by atoms with Crippen molar-refractivity contribution in [3.05, 3.63) is 81.8 Å². The summed E-state index contributed by atoms with van der Waals surface area (Å²) in [4.78, 5) is 13.0.